The van der Waals surface area contributed by atoms with Crippen LogP contribution in [0.4, 0.5) is 21.2 Å². The normalized spacial score (nSPS) is 13.2. The summed E-state index contributed by atoms with van der Waals surface area (Å²) in [5.41, 5.74) is 6.69. The van der Waals surface area contributed by atoms with Crippen molar-refractivity contribution in [2.45, 2.75) is 32.9 Å². The summed E-state index contributed by atoms with van der Waals surface area (Å²) < 4.78 is 12.8. The molecule has 0 atom stereocenters. The first-order valence-electron chi connectivity index (χ1n) is 10.2. The number of carbonyl (C=O) groups is 2. The number of hydrogen-bond acceptors (Lipinski definition) is 7. The maximum absolute atomic E-state index is 12.5. The average molecular weight is 439 g/mol. The largest absolute Gasteiger partial charge is 0.490 e. The zero-order chi connectivity index (χ0) is 22.7. The number of hydrogen-bond donors (Lipinski definition) is 3. The summed E-state index contributed by atoms with van der Waals surface area (Å²) in [5, 5.41) is 6.93. The summed E-state index contributed by atoms with van der Waals surface area (Å²) >= 11 is 0. The molecule has 0 saturated heterocycles. The quantitative estimate of drug-likeness (QED) is 0.534. The van der Waals surface area contributed by atoms with Gasteiger partial charge in [0.15, 0.2) is 5.65 Å². The minimum absolute atomic E-state index is 0.259. The van der Waals surface area contributed by atoms with Gasteiger partial charge in [0, 0.05) is 12.7 Å². The van der Waals surface area contributed by atoms with E-state index in [1.165, 1.54) is 0 Å². The van der Waals surface area contributed by atoms with Crippen LogP contribution in [0.15, 0.2) is 42.6 Å². The van der Waals surface area contributed by atoms with Crippen LogP contribution >= 0.6 is 0 Å². The van der Waals surface area contributed by atoms with Gasteiger partial charge in [-0.05, 0) is 50.6 Å². The van der Waals surface area contributed by atoms with E-state index >= 15 is 0 Å². The molecule has 1 aromatic carbocycles. The van der Waals surface area contributed by atoms with Gasteiger partial charge in [-0.15, -0.1) is 5.10 Å². The van der Waals surface area contributed by atoms with Crippen LogP contribution < -0.4 is 25.8 Å². The Kier molecular flexibility index (Phi) is 5.71. The average Bonchev–Trinajstić information content (AvgIpc) is 3.17. The lowest BCUT2D eigenvalue weighted by atomic mass is 10.1. The lowest BCUT2D eigenvalue weighted by Gasteiger charge is -2.31. The highest BCUT2D eigenvalue weighted by atomic mass is 16.6. The first-order chi connectivity index (χ1) is 15.3. The van der Waals surface area contributed by atoms with Gasteiger partial charge in [0.25, 0.3) is 5.95 Å². The number of amides is 3. The van der Waals surface area contributed by atoms with Crippen LogP contribution in [0.3, 0.4) is 0 Å². The maximum Gasteiger partial charge on any atom is 0.415 e. The van der Waals surface area contributed by atoms with Crippen molar-refractivity contribution in [2.75, 3.05) is 23.5 Å². The minimum Gasteiger partial charge on any atom is -0.490 e. The Morgan fingerprint density at radius 1 is 1.22 bits per heavy atom. The third-order valence-corrected chi connectivity index (χ3v) is 4.48. The molecule has 1 aliphatic heterocycles. The smallest absolute Gasteiger partial charge is 0.415 e. The number of urea groups is 1. The molecule has 0 saturated carbocycles. The second-order valence-corrected chi connectivity index (χ2v) is 8.15. The van der Waals surface area contributed by atoms with Gasteiger partial charge in [-0.1, -0.05) is 12.1 Å². The van der Waals surface area contributed by atoms with Gasteiger partial charge < -0.3 is 14.8 Å². The minimum atomic E-state index is -0.584. The SMILES string of the molecule is CC(C)(C)OC(=O)N1CCOc2cc(CNC(=O)NNc3nc4ccccn4n3)ccc21. The topological polar surface area (TPSA) is 122 Å². The third kappa shape index (κ3) is 4.99. The van der Waals surface area contributed by atoms with Crippen molar-refractivity contribution in [3.05, 3.63) is 48.2 Å². The number of rotatable bonds is 4. The van der Waals surface area contributed by atoms with Crippen LogP contribution in [-0.4, -0.2) is 45.5 Å². The van der Waals surface area contributed by atoms with E-state index in [1.807, 2.05) is 39.0 Å². The van der Waals surface area contributed by atoms with Crippen LogP contribution in [0.5, 0.6) is 5.75 Å². The fraction of sp³-hybridized carbons (Fsp3) is 0.333. The summed E-state index contributed by atoms with van der Waals surface area (Å²) in [6, 6.07) is 10.4. The first kappa shape index (κ1) is 21.2. The number of ether oxygens (including phenoxy) is 2. The number of carbonyl (C=O) groups excluding carboxylic acids is 2. The molecule has 3 amide bonds. The van der Waals surface area contributed by atoms with Crippen molar-refractivity contribution >= 4 is 29.4 Å². The van der Waals surface area contributed by atoms with Crippen LogP contribution in [0.25, 0.3) is 5.65 Å². The van der Waals surface area contributed by atoms with Crippen molar-refractivity contribution < 1.29 is 19.1 Å². The second-order valence-electron chi connectivity index (χ2n) is 8.15. The van der Waals surface area contributed by atoms with Gasteiger partial charge in [-0.3, -0.25) is 10.3 Å². The van der Waals surface area contributed by atoms with E-state index in [4.69, 9.17) is 9.47 Å². The van der Waals surface area contributed by atoms with Crippen LogP contribution in [0.2, 0.25) is 0 Å². The Balaban J connectivity index is 1.33. The van der Waals surface area contributed by atoms with Crippen molar-refractivity contribution in [3.8, 4) is 5.75 Å². The molecule has 3 heterocycles. The summed E-state index contributed by atoms with van der Waals surface area (Å²) in [4.78, 5) is 30.4. The molecule has 0 aliphatic carbocycles. The summed E-state index contributed by atoms with van der Waals surface area (Å²) in [5.74, 6) is 0.838. The van der Waals surface area contributed by atoms with E-state index in [0.717, 1.165) is 5.56 Å². The molecule has 168 valence electrons. The zero-order valence-electron chi connectivity index (χ0n) is 18.1. The molecule has 0 fully saturated rings. The molecule has 1 aliphatic rings. The Labute approximate surface area is 184 Å². The molecule has 4 rings (SSSR count). The number of pyridine rings is 1. The van der Waals surface area contributed by atoms with Crippen molar-refractivity contribution in [1.82, 2.24) is 25.3 Å². The van der Waals surface area contributed by atoms with E-state index in [9.17, 15) is 9.59 Å². The van der Waals surface area contributed by atoms with E-state index in [-0.39, 0.29) is 12.5 Å². The molecule has 0 radical (unpaired) electrons. The van der Waals surface area contributed by atoms with Crippen molar-refractivity contribution in [2.24, 2.45) is 0 Å². The molecule has 11 heteroatoms. The molecule has 2 aromatic heterocycles. The van der Waals surface area contributed by atoms with E-state index in [2.05, 4.69) is 26.3 Å². The fourth-order valence-electron chi connectivity index (χ4n) is 3.10. The Morgan fingerprint density at radius 2 is 2.06 bits per heavy atom. The standard InChI is InChI=1S/C21H25N7O4/c1-21(2,3)32-20(30)27-10-11-31-16-12-14(7-8-15(16)27)13-22-19(29)25-24-18-23-17-6-4-5-9-28(17)26-18/h4-9,12H,10-11,13H2,1-3H3,(H,24,26)(H2,22,25,29). The Morgan fingerprint density at radius 3 is 2.84 bits per heavy atom. The number of nitrogens with zero attached hydrogens (tertiary/aromatic N) is 4. The van der Waals surface area contributed by atoms with Gasteiger partial charge in [0.1, 0.15) is 18.0 Å². The van der Waals surface area contributed by atoms with E-state index < -0.39 is 17.7 Å². The number of hydrazine groups is 1. The monoisotopic (exact) mass is 439 g/mol. The van der Waals surface area contributed by atoms with Gasteiger partial charge in [0.2, 0.25) is 0 Å². The Hall–Kier alpha value is -4.02. The molecule has 0 bridgehead atoms. The number of fused-ring (bicyclic) bond motifs is 2. The number of aromatic nitrogens is 3. The molecular weight excluding hydrogens is 414 g/mol. The van der Waals surface area contributed by atoms with E-state index in [1.54, 1.807) is 33.8 Å². The summed E-state index contributed by atoms with van der Waals surface area (Å²) in [7, 11) is 0. The summed E-state index contributed by atoms with van der Waals surface area (Å²) in [6.45, 7) is 6.50. The van der Waals surface area contributed by atoms with Crippen LogP contribution in [-0.2, 0) is 11.3 Å². The number of benzene rings is 1. The predicted molar refractivity (Wildman–Crippen MR) is 117 cm³/mol. The highest BCUT2D eigenvalue weighted by molar-refractivity contribution is 5.90. The highest BCUT2D eigenvalue weighted by Gasteiger charge is 2.28. The predicted octanol–water partition coefficient (Wildman–Crippen LogP) is 2.69. The second kappa shape index (κ2) is 8.61. The molecule has 32 heavy (non-hydrogen) atoms. The van der Waals surface area contributed by atoms with E-state index in [0.29, 0.717) is 30.2 Å². The molecule has 0 spiro atoms. The van der Waals surface area contributed by atoms with Crippen molar-refractivity contribution in [1.29, 1.82) is 0 Å². The fourth-order valence-corrected chi connectivity index (χ4v) is 3.10. The lowest BCUT2D eigenvalue weighted by Crippen LogP contribution is -2.41. The van der Waals surface area contributed by atoms with Crippen molar-refractivity contribution in [3.63, 3.8) is 0 Å². The van der Waals surface area contributed by atoms with Crippen LogP contribution in [0.1, 0.15) is 26.3 Å². The maximum atomic E-state index is 12.5. The first-order valence-corrected chi connectivity index (χ1v) is 10.2. The molecule has 3 N–H and O–H groups in total. The molecule has 11 nitrogen and oxygen atoms in total. The molecule has 3 aromatic rings. The Bertz CT molecular complexity index is 1110. The van der Waals surface area contributed by atoms with Gasteiger partial charge in [0.05, 0.1) is 12.2 Å². The van der Waals surface area contributed by atoms with Gasteiger partial charge >= 0.3 is 12.1 Å². The van der Waals surface area contributed by atoms with Crippen LogP contribution in [0, 0.1) is 0 Å². The summed E-state index contributed by atoms with van der Waals surface area (Å²) in [6.07, 6.45) is 1.34. The molecule has 0 unspecified atom stereocenters. The number of nitrogens with one attached hydrogen (secondary N) is 3. The van der Waals surface area contributed by atoms with Gasteiger partial charge in [-0.25, -0.2) is 19.5 Å². The molecular formula is C21H25N7O4. The highest BCUT2D eigenvalue weighted by Crippen LogP contribution is 2.33. The van der Waals surface area contributed by atoms with Gasteiger partial charge in [-0.2, -0.15) is 4.98 Å². The third-order valence-electron chi connectivity index (χ3n) is 4.48. The zero-order valence-corrected chi connectivity index (χ0v) is 18.1. The number of anilines is 2. The lowest BCUT2D eigenvalue weighted by molar-refractivity contribution is 0.0567.